The summed E-state index contributed by atoms with van der Waals surface area (Å²) in [5, 5.41) is 11.5. The van der Waals surface area contributed by atoms with Gasteiger partial charge in [-0.25, -0.2) is 4.79 Å². The van der Waals surface area contributed by atoms with Gasteiger partial charge >= 0.3 is 5.97 Å². The lowest BCUT2D eigenvalue weighted by Crippen LogP contribution is -2.26. The Morgan fingerprint density at radius 3 is 2.26 bits per heavy atom. The number of carbonyl (C=O) groups is 2. The van der Waals surface area contributed by atoms with Gasteiger partial charge in [0.15, 0.2) is 6.61 Å². The van der Waals surface area contributed by atoms with Crippen molar-refractivity contribution in [2.75, 3.05) is 20.3 Å². The van der Waals surface area contributed by atoms with Crippen molar-refractivity contribution in [3.05, 3.63) is 59.7 Å². The highest BCUT2D eigenvalue weighted by Crippen LogP contribution is 2.21. The van der Waals surface area contributed by atoms with Crippen LogP contribution >= 0.6 is 0 Å². The lowest BCUT2D eigenvalue weighted by Gasteiger charge is -2.13. The molecular formula is C21H25NO5. The van der Waals surface area contributed by atoms with Crippen LogP contribution in [0.25, 0.3) is 0 Å². The molecule has 0 radical (unpaired) electrons. The van der Waals surface area contributed by atoms with Gasteiger partial charge in [-0.1, -0.05) is 31.2 Å². The summed E-state index contributed by atoms with van der Waals surface area (Å²) < 4.78 is 10.2. The molecule has 0 saturated carbocycles. The molecule has 0 aliphatic carbocycles. The molecule has 0 aromatic heterocycles. The number of methoxy groups -OCH3 is 1. The maximum Gasteiger partial charge on any atom is 0.341 e. The van der Waals surface area contributed by atoms with E-state index in [-0.39, 0.29) is 18.4 Å². The Balaban J connectivity index is 1.72. The maximum absolute atomic E-state index is 12.1. The highest BCUT2D eigenvalue weighted by Gasteiger charge is 2.11. The number of carboxylic acid groups (broad SMARTS) is 1. The second kappa shape index (κ2) is 10.2. The van der Waals surface area contributed by atoms with Gasteiger partial charge in [0.2, 0.25) is 5.91 Å². The summed E-state index contributed by atoms with van der Waals surface area (Å²) in [4.78, 5) is 22.6. The van der Waals surface area contributed by atoms with E-state index in [2.05, 4.69) is 5.32 Å². The van der Waals surface area contributed by atoms with Crippen LogP contribution < -0.4 is 14.8 Å². The van der Waals surface area contributed by atoms with Gasteiger partial charge in [-0.2, -0.15) is 0 Å². The third kappa shape index (κ3) is 7.01. The SMILES string of the molecule is COc1ccc(C(C)CC(=O)NCCc2ccc(OCC(=O)O)cc2)cc1. The normalized spacial score (nSPS) is 11.5. The average molecular weight is 371 g/mol. The fourth-order valence-corrected chi connectivity index (χ4v) is 2.64. The summed E-state index contributed by atoms with van der Waals surface area (Å²) in [5.41, 5.74) is 2.14. The van der Waals surface area contributed by atoms with Crippen molar-refractivity contribution in [1.82, 2.24) is 5.32 Å². The lowest BCUT2D eigenvalue weighted by atomic mass is 9.97. The molecule has 0 fully saturated rings. The summed E-state index contributed by atoms with van der Waals surface area (Å²) in [7, 11) is 1.63. The van der Waals surface area contributed by atoms with Crippen molar-refractivity contribution < 1.29 is 24.2 Å². The molecule has 0 aliphatic heterocycles. The van der Waals surface area contributed by atoms with Crippen molar-refractivity contribution in [2.24, 2.45) is 0 Å². The second-order valence-electron chi connectivity index (χ2n) is 6.30. The largest absolute Gasteiger partial charge is 0.497 e. The topological polar surface area (TPSA) is 84.9 Å². The Morgan fingerprint density at radius 2 is 1.67 bits per heavy atom. The molecule has 1 unspecified atom stereocenters. The van der Waals surface area contributed by atoms with Crippen molar-refractivity contribution >= 4 is 11.9 Å². The van der Waals surface area contributed by atoms with Crippen LogP contribution in [0.3, 0.4) is 0 Å². The van der Waals surface area contributed by atoms with Crippen LogP contribution in [0.1, 0.15) is 30.4 Å². The first-order valence-electron chi connectivity index (χ1n) is 8.82. The van der Waals surface area contributed by atoms with Crippen LogP contribution in [0.15, 0.2) is 48.5 Å². The molecule has 2 N–H and O–H groups in total. The van der Waals surface area contributed by atoms with Crippen molar-refractivity contribution in [1.29, 1.82) is 0 Å². The van der Waals surface area contributed by atoms with E-state index >= 15 is 0 Å². The van der Waals surface area contributed by atoms with Crippen LogP contribution in [-0.4, -0.2) is 37.2 Å². The number of hydrogen-bond acceptors (Lipinski definition) is 4. The minimum atomic E-state index is -1.01. The lowest BCUT2D eigenvalue weighted by molar-refractivity contribution is -0.139. The molecule has 0 bridgehead atoms. The van der Waals surface area contributed by atoms with Gasteiger partial charge < -0.3 is 19.9 Å². The van der Waals surface area contributed by atoms with E-state index in [9.17, 15) is 9.59 Å². The van der Waals surface area contributed by atoms with Crippen LogP contribution in [0.5, 0.6) is 11.5 Å². The van der Waals surface area contributed by atoms with Crippen molar-refractivity contribution in [3.8, 4) is 11.5 Å². The molecule has 0 aliphatic rings. The molecule has 2 aromatic carbocycles. The van der Waals surface area contributed by atoms with Gasteiger partial charge in [0.25, 0.3) is 0 Å². The Bertz CT molecular complexity index is 740. The molecule has 0 spiro atoms. The zero-order valence-electron chi connectivity index (χ0n) is 15.6. The Labute approximate surface area is 159 Å². The number of hydrogen-bond donors (Lipinski definition) is 2. The highest BCUT2D eigenvalue weighted by atomic mass is 16.5. The fraction of sp³-hybridized carbons (Fsp3) is 0.333. The predicted octanol–water partition coefficient (Wildman–Crippen LogP) is 3.01. The fourth-order valence-electron chi connectivity index (χ4n) is 2.64. The molecular weight excluding hydrogens is 346 g/mol. The third-order valence-corrected chi connectivity index (χ3v) is 4.20. The molecule has 6 heteroatoms. The number of ether oxygens (including phenoxy) is 2. The molecule has 0 saturated heterocycles. The van der Waals surface area contributed by atoms with Gasteiger partial charge in [-0.3, -0.25) is 4.79 Å². The second-order valence-corrected chi connectivity index (χ2v) is 6.30. The standard InChI is InChI=1S/C21H25NO5/c1-15(17-5-9-18(26-2)10-6-17)13-20(23)22-12-11-16-3-7-19(8-4-16)27-14-21(24)25/h3-10,15H,11-14H2,1-2H3,(H,22,23)(H,24,25). The number of amides is 1. The molecule has 0 heterocycles. The van der Waals surface area contributed by atoms with E-state index in [1.807, 2.05) is 43.3 Å². The van der Waals surface area contributed by atoms with Crippen LogP contribution in [0.4, 0.5) is 0 Å². The molecule has 2 rings (SSSR count). The van der Waals surface area contributed by atoms with Crippen molar-refractivity contribution in [2.45, 2.75) is 25.7 Å². The number of nitrogens with one attached hydrogen (secondary N) is 1. The quantitative estimate of drug-likeness (QED) is 0.671. The maximum atomic E-state index is 12.1. The monoisotopic (exact) mass is 371 g/mol. The molecule has 1 atom stereocenters. The third-order valence-electron chi connectivity index (χ3n) is 4.20. The number of rotatable bonds is 10. The van der Waals surface area contributed by atoms with Crippen LogP contribution in [-0.2, 0) is 16.0 Å². The zero-order chi connectivity index (χ0) is 19.6. The van der Waals surface area contributed by atoms with E-state index in [0.29, 0.717) is 25.1 Å². The zero-order valence-corrected chi connectivity index (χ0v) is 15.6. The first kappa shape index (κ1) is 20.3. The van der Waals surface area contributed by atoms with Gasteiger partial charge in [0, 0.05) is 13.0 Å². The predicted molar refractivity (Wildman–Crippen MR) is 102 cm³/mol. The van der Waals surface area contributed by atoms with Gasteiger partial charge in [-0.05, 0) is 47.7 Å². The number of aliphatic carboxylic acids is 1. The van der Waals surface area contributed by atoms with Gasteiger partial charge in [-0.15, -0.1) is 0 Å². The molecule has 27 heavy (non-hydrogen) atoms. The summed E-state index contributed by atoms with van der Waals surface area (Å²) in [5.74, 6) is 0.445. The Morgan fingerprint density at radius 1 is 1.04 bits per heavy atom. The molecule has 1 amide bonds. The summed E-state index contributed by atoms with van der Waals surface area (Å²) in [6.07, 6.45) is 1.12. The van der Waals surface area contributed by atoms with Gasteiger partial charge in [0.05, 0.1) is 7.11 Å². The van der Waals surface area contributed by atoms with E-state index in [1.54, 1.807) is 19.2 Å². The Hall–Kier alpha value is -3.02. The first-order chi connectivity index (χ1) is 13.0. The minimum absolute atomic E-state index is 0.0136. The molecule has 144 valence electrons. The summed E-state index contributed by atoms with van der Waals surface area (Å²) in [6, 6.07) is 14.9. The minimum Gasteiger partial charge on any atom is -0.497 e. The van der Waals surface area contributed by atoms with Gasteiger partial charge in [0.1, 0.15) is 11.5 Å². The molecule has 2 aromatic rings. The number of carbonyl (C=O) groups excluding carboxylic acids is 1. The Kier molecular flexibility index (Phi) is 7.67. The van der Waals surface area contributed by atoms with E-state index in [4.69, 9.17) is 14.6 Å². The van der Waals surface area contributed by atoms with Crippen LogP contribution in [0.2, 0.25) is 0 Å². The van der Waals surface area contributed by atoms with E-state index in [1.165, 1.54) is 0 Å². The van der Waals surface area contributed by atoms with E-state index < -0.39 is 5.97 Å². The summed E-state index contributed by atoms with van der Waals surface area (Å²) in [6.45, 7) is 2.21. The summed E-state index contributed by atoms with van der Waals surface area (Å²) >= 11 is 0. The first-order valence-corrected chi connectivity index (χ1v) is 8.82. The van der Waals surface area contributed by atoms with Crippen molar-refractivity contribution in [3.63, 3.8) is 0 Å². The average Bonchev–Trinajstić information content (AvgIpc) is 2.67. The number of benzene rings is 2. The van der Waals surface area contributed by atoms with Crippen LogP contribution in [0, 0.1) is 0 Å². The van der Waals surface area contributed by atoms with E-state index in [0.717, 1.165) is 16.9 Å². The molecule has 6 nitrogen and oxygen atoms in total. The smallest absolute Gasteiger partial charge is 0.341 e. The highest BCUT2D eigenvalue weighted by molar-refractivity contribution is 5.76. The number of carboxylic acids is 1.